The molecule has 1 heterocycles. The summed E-state index contributed by atoms with van der Waals surface area (Å²) in [7, 11) is -0.460. The first-order valence-electron chi connectivity index (χ1n) is 11.5. The lowest BCUT2D eigenvalue weighted by atomic mass is 9.54. The molecule has 0 aromatic carbocycles. The van der Waals surface area contributed by atoms with E-state index in [4.69, 9.17) is 23.4 Å². The van der Waals surface area contributed by atoms with E-state index in [1.165, 1.54) is 0 Å². The van der Waals surface area contributed by atoms with Crippen LogP contribution in [0.1, 0.15) is 53.9 Å². The molecule has 6 nitrogen and oxygen atoms in total. The molecule has 0 aromatic rings. The van der Waals surface area contributed by atoms with Gasteiger partial charge in [0.05, 0.1) is 25.2 Å². The Hall–Kier alpha value is -0.573. The van der Waals surface area contributed by atoms with Gasteiger partial charge in [-0.05, 0) is 36.9 Å². The van der Waals surface area contributed by atoms with Crippen LogP contribution in [0.4, 0.5) is 0 Å². The van der Waals surface area contributed by atoms with E-state index in [0.29, 0.717) is 39.1 Å². The molecule has 7 heteroatoms. The average Bonchev–Trinajstić information content (AvgIpc) is 3.17. The molecule has 1 aliphatic heterocycles. The summed E-state index contributed by atoms with van der Waals surface area (Å²) < 4.78 is 29.4. The van der Waals surface area contributed by atoms with Crippen molar-refractivity contribution in [2.24, 2.45) is 16.7 Å². The van der Waals surface area contributed by atoms with E-state index < -0.39 is 19.1 Å². The van der Waals surface area contributed by atoms with Crippen LogP contribution in [0, 0.1) is 16.7 Å². The van der Waals surface area contributed by atoms with Crippen LogP contribution in [-0.4, -0.2) is 60.2 Å². The summed E-state index contributed by atoms with van der Waals surface area (Å²) >= 11 is 0. The Kier molecular flexibility index (Phi) is 8.73. The quantitative estimate of drug-likeness (QED) is 0.201. The number of methoxy groups -OCH3 is 1. The van der Waals surface area contributed by atoms with Crippen LogP contribution in [0.5, 0.6) is 0 Å². The Morgan fingerprint density at radius 2 is 1.87 bits per heavy atom. The van der Waals surface area contributed by atoms with Gasteiger partial charge in [-0.2, -0.15) is 0 Å². The van der Waals surface area contributed by atoms with E-state index in [0.717, 1.165) is 0 Å². The van der Waals surface area contributed by atoms with Gasteiger partial charge in [-0.1, -0.05) is 40.7 Å². The third-order valence-corrected chi connectivity index (χ3v) is 12.3. The SMILES string of the molecule is C=CC[C@@]1(CC2OCCO2)C[C@@H](O[Si](C)(C)C(C)(C)C)[C@H](C)[C@](C)(COCOC)C1=O. The van der Waals surface area contributed by atoms with Gasteiger partial charge in [0.15, 0.2) is 14.6 Å². The van der Waals surface area contributed by atoms with Crippen LogP contribution in [0.25, 0.3) is 0 Å². The standard InChI is InChI=1S/C24H44O6Si/c1-10-11-24(15-20-28-12-13-29-20)14-19(30-31(8,9)22(3,4)5)18(2)23(6,21(24)25)16-27-17-26-7/h10,18-20H,1,11-17H2,2-9H3/t18-,19+,23-,24-/m0/s1. The van der Waals surface area contributed by atoms with Gasteiger partial charge in [-0.3, -0.25) is 4.79 Å². The second-order valence-corrected chi connectivity index (χ2v) is 15.8. The summed E-state index contributed by atoms with van der Waals surface area (Å²) in [6.45, 7) is 21.0. The molecule has 1 saturated carbocycles. The van der Waals surface area contributed by atoms with E-state index in [1.807, 2.05) is 13.0 Å². The second kappa shape index (κ2) is 10.1. The number of ketones is 1. The number of ether oxygens (including phenoxy) is 4. The van der Waals surface area contributed by atoms with Crippen LogP contribution < -0.4 is 0 Å². The molecule has 2 rings (SSSR count). The summed E-state index contributed by atoms with van der Waals surface area (Å²) in [5.41, 5.74) is -1.35. The molecule has 0 N–H and O–H groups in total. The molecule has 1 aliphatic carbocycles. The first-order chi connectivity index (χ1) is 14.3. The minimum Gasteiger partial charge on any atom is -0.414 e. The molecule has 0 amide bonds. The fraction of sp³-hybridized carbons (Fsp3) is 0.875. The maximum Gasteiger partial charge on any atom is 0.192 e. The van der Waals surface area contributed by atoms with E-state index >= 15 is 0 Å². The Bertz CT molecular complexity index is 624. The number of carbonyl (C=O) groups excluding carboxylic acids is 1. The number of Topliss-reactive ketones (excluding diaryl/α,β-unsaturated/α-hetero) is 1. The highest BCUT2D eigenvalue weighted by atomic mass is 28.4. The van der Waals surface area contributed by atoms with Crippen molar-refractivity contribution in [2.45, 2.75) is 84.4 Å². The largest absolute Gasteiger partial charge is 0.414 e. The number of carbonyl (C=O) groups is 1. The van der Waals surface area contributed by atoms with Gasteiger partial charge in [0, 0.05) is 25.0 Å². The summed E-state index contributed by atoms with van der Waals surface area (Å²) in [5.74, 6) is 0.201. The molecular formula is C24H44O6Si. The highest BCUT2D eigenvalue weighted by Gasteiger charge is 2.59. The first-order valence-corrected chi connectivity index (χ1v) is 14.4. The lowest BCUT2D eigenvalue weighted by molar-refractivity contribution is -0.175. The predicted octanol–water partition coefficient (Wildman–Crippen LogP) is 4.94. The van der Waals surface area contributed by atoms with Crippen molar-refractivity contribution in [3.63, 3.8) is 0 Å². The Balaban J connectivity index is 2.45. The third kappa shape index (κ3) is 5.68. The predicted molar refractivity (Wildman–Crippen MR) is 124 cm³/mol. The molecule has 31 heavy (non-hydrogen) atoms. The lowest BCUT2D eigenvalue weighted by Crippen LogP contribution is -2.60. The maximum atomic E-state index is 14.1. The topological polar surface area (TPSA) is 63.2 Å². The average molecular weight is 457 g/mol. The molecule has 0 spiro atoms. The van der Waals surface area contributed by atoms with Crippen molar-refractivity contribution in [3.05, 3.63) is 12.7 Å². The second-order valence-electron chi connectivity index (χ2n) is 11.1. The fourth-order valence-corrected chi connectivity index (χ4v) is 6.06. The van der Waals surface area contributed by atoms with Crippen LogP contribution in [-0.2, 0) is 28.2 Å². The Morgan fingerprint density at radius 3 is 2.39 bits per heavy atom. The molecule has 0 bridgehead atoms. The zero-order valence-electron chi connectivity index (χ0n) is 20.9. The van der Waals surface area contributed by atoms with E-state index in [9.17, 15) is 4.79 Å². The third-order valence-electron chi connectivity index (χ3n) is 7.79. The molecule has 1 saturated heterocycles. The van der Waals surface area contributed by atoms with Crippen LogP contribution in [0.3, 0.4) is 0 Å². The van der Waals surface area contributed by atoms with Crippen molar-refractivity contribution >= 4 is 14.1 Å². The maximum absolute atomic E-state index is 14.1. The van der Waals surface area contributed by atoms with Gasteiger partial charge in [0.2, 0.25) is 0 Å². The molecule has 180 valence electrons. The zero-order chi connectivity index (χ0) is 23.5. The minimum atomic E-state index is -2.05. The molecule has 2 aliphatic rings. The van der Waals surface area contributed by atoms with Crippen LogP contribution in [0.2, 0.25) is 18.1 Å². The molecule has 0 radical (unpaired) electrons. The van der Waals surface area contributed by atoms with E-state index in [2.05, 4.69) is 47.4 Å². The van der Waals surface area contributed by atoms with Gasteiger partial charge >= 0.3 is 0 Å². The van der Waals surface area contributed by atoms with Crippen LogP contribution >= 0.6 is 0 Å². The Labute approximate surface area is 190 Å². The van der Waals surface area contributed by atoms with Crippen molar-refractivity contribution in [1.82, 2.24) is 0 Å². The number of rotatable bonds is 10. The lowest BCUT2D eigenvalue weighted by Gasteiger charge is -2.54. The monoisotopic (exact) mass is 456 g/mol. The van der Waals surface area contributed by atoms with Crippen molar-refractivity contribution in [2.75, 3.05) is 33.7 Å². The highest BCUT2D eigenvalue weighted by Crippen LogP contribution is 2.54. The highest BCUT2D eigenvalue weighted by molar-refractivity contribution is 6.74. The smallest absolute Gasteiger partial charge is 0.192 e. The number of allylic oxidation sites excluding steroid dienone is 1. The van der Waals surface area contributed by atoms with Gasteiger partial charge < -0.3 is 23.4 Å². The van der Waals surface area contributed by atoms with Crippen molar-refractivity contribution < 1.29 is 28.2 Å². The van der Waals surface area contributed by atoms with E-state index in [1.54, 1.807) is 7.11 Å². The normalized spacial score (nSPS) is 33.1. The van der Waals surface area contributed by atoms with Gasteiger partial charge in [-0.15, -0.1) is 6.58 Å². The van der Waals surface area contributed by atoms with Crippen LogP contribution in [0.15, 0.2) is 12.7 Å². The summed E-state index contributed by atoms with van der Waals surface area (Å²) in [6, 6.07) is 0. The molecular weight excluding hydrogens is 412 g/mol. The molecule has 0 aromatic heterocycles. The van der Waals surface area contributed by atoms with Gasteiger partial charge in [0.25, 0.3) is 0 Å². The first kappa shape index (κ1) is 26.7. The Morgan fingerprint density at radius 1 is 1.26 bits per heavy atom. The summed E-state index contributed by atoms with van der Waals surface area (Å²) in [4.78, 5) is 14.1. The summed E-state index contributed by atoms with van der Waals surface area (Å²) in [5, 5.41) is 0.0793. The van der Waals surface area contributed by atoms with Gasteiger partial charge in [0.1, 0.15) is 12.6 Å². The van der Waals surface area contributed by atoms with Crippen molar-refractivity contribution in [1.29, 1.82) is 0 Å². The fourth-order valence-electron chi connectivity index (χ4n) is 4.67. The number of hydrogen-bond donors (Lipinski definition) is 0. The van der Waals surface area contributed by atoms with Gasteiger partial charge in [-0.25, -0.2) is 0 Å². The molecule has 4 atom stereocenters. The summed E-state index contributed by atoms with van der Waals surface area (Å²) in [6.07, 6.45) is 3.16. The van der Waals surface area contributed by atoms with E-state index in [-0.39, 0.29) is 35.9 Å². The van der Waals surface area contributed by atoms with Crippen molar-refractivity contribution in [3.8, 4) is 0 Å². The minimum absolute atomic E-state index is 0.00864. The molecule has 0 unspecified atom stereocenters. The number of hydrogen-bond acceptors (Lipinski definition) is 6. The molecule has 2 fully saturated rings. The zero-order valence-corrected chi connectivity index (χ0v) is 21.9.